The molecule has 0 bridgehead atoms. The van der Waals surface area contributed by atoms with Crippen LogP contribution in [0.5, 0.6) is 0 Å². The summed E-state index contributed by atoms with van der Waals surface area (Å²) in [5.74, 6) is 0.113. The number of carbonyl (C=O) groups is 1. The summed E-state index contributed by atoms with van der Waals surface area (Å²) >= 11 is 0. The first-order valence-corrected chi connectivity index (χ1v) is 3.16. The van der Waals surface area contributed by atoms with Crippen molar-refractivity contribution in [3.8, 4) is 0 Å². The Kier molecular flexibility index (Phi) is 2.68. The lowest BCUT2D eigenvalue weighted by atomic mass is 9.92. The Morgan fingerprint density at radius 1 is 1.44 bits per heavy atom. The van der Waals surface area contributed by atoms with Crippen molar-refractivity contribution < 1.29 is 4.79 Å². The standard InChI is InChI=1S/C7H15NO/c1-7(2,3)5-6(9)8-4/h5H2,1-4H3,(H,8,9). The lowest BCUT2D eigenvalue weighted by Crippen LogP contribution is -2.23. The van der Waals surface area contributed by atoms with Crippen LogP contribution in [0.2, 0.25) is 0 Å². The Bertz CT molecular complexity index is 102. The van der Waals surface area contributed by atoms with E-state index < -0.39 is 0 Å². The molecule has 0 spiro atoms. The summed E-state index contributed by atoms with van der Waals surface area (Å²) in [4.78, 5) is 10.7. The number of amides is 1. The third kappa shape index (κ3) is 5.34. The Balaban J connectivity index is 3.60. The van der Waals surface area contributed by atoms with Crippen LogP contribution in [0.15, 0.2) is 0 Å². The Morgan fingerprint density at radius 3 is 2.00 bits per heavy atom. The highest BCUT2D eigenvalue weighted by Crippen LogP contribution is 2.17. The predicted octanol–water partition coefficient (Wildman–Crippen LogP) is 1.17. The molecule has 0 saturated carbocycles. The first-order valence-electron chi connectivity index (χ1n) is 3.16. The molecule has 0 unspecified atom stereocenters. The van der Waals surface area contributed by atoms with Crippen molar-refractivity contribution in [1.29, 1.82) is 0 Å². The number of hydrogen-bond acceptors (Lipinski definition) is 1. The Labute approximate surface area is 56.6 Å². The molecule has 0 aliphatic heterocycles. The molecule has 0 aromatic heterocycles. The van der Waals surface area contributed by atoms with Crippen molar-refractivity contribution >= 4 is 5.91 Å². The molecular formula is C7H15NO. The van der Waals surface area contributed by atoms with Gasteiger partial charge in [0.2, 0.25) is 5.91 Å². The minimum atomic E-state index is 0.111. The van der Waals surface area contributed by atoms with Crippen LogP contribution in [0.3, 0.4) is 0 Å². The molecule has 54 valence electrons. The number of nitrogens with one attached hydrogen (secondary N) is 1. The van der Waals surface area contributed by atoms with Crippen LogP contribution in [0, 0.1) is 5.41 Å². The summed E-state index contributed by atoms with van der Waals surface area (Å²) in [5.41, 5.74) is 0.111. The highest BCUT2D eigenvalue weighted by Gasteiger charge is 2.13. The average molecular weight is 129 g/mol. The fraction of sp³-hybridized carbons (Fsp3) is 0.857. The smallest absolute Gasteiger partial charge is 0.220 e. The lowest BCUT2D eigenvalue weighted by Gasteiger charge is -2.15. The van der Waals surface area contributed by atoms with E-state index in [0.717, 1.165) is 0 Å². The van der Waals surface area contributed by atoms with Gasteiger partial charge in [-0.25, -0.2) is 0 Å². The van der Waals surface area contributed by atoms with E-state index in [1.165, 1.54) is 0 Å². The van der Waals surface area contributed by atoms with Crippen molar-refractivity contribution in [2.45, 2.75) is 27.2 Å². The maximum atomic E-state index is 10.7. The molecule has 1 amide bonds. The molecule has 9 heavy (non-hydrogen) atoms. The van der Waals surface area contributed by atoms with Gasteiger partial charge in [-0.15, -0.1) is 0 Å². The molecule has 0 aromatic rings. The van der Waals surface area contributed by atoms with E-state index in [9.17, 15) is 4.79 Å². The van der Waals surface area contributed by atoms with E-state index >= 15 is 0 Å². The number of rotatable bonds is 1. The first kappa shape index (κ1) is 8.47. The van der Waals surface area contributed by atoms with Crippen molar-refractivity contribution in [1.82, 2.24) is 5.32 Å². The second kappa shape index (κ2) is 2.85. The minimum absolute atomic E-state index is 0.111. The van der Waals surface area contributed by atoms with Gasteiger partial charge in [0.15, 0.2) is 0 Å². The first-order chi connectivity index (χ1) is 3.95. The van der Waals surface area contributed by atoms with Crippen LogP contribution < -0.4 is 5.32 Å². The van der Waals surface area contributed by atoms with Gasteiger partial charge in [-0.05, 0) is 5.41 Å². The van der Waals surface area contributed by atoms with Gasteiger partial charge in [0.1, 0.15) is 0 Å². The molecule has 0 radical (unpaired) electrons. The SMILES string of the molecule is CNC(=O)CC(C)(C)C. The third-order valence-electron chi connectivity index (χ3n) is 0.970. The van der Waals surface area contributed by atoms with Crippen LogP contribution >= 0.6 is 0 Å². The van der Waals surface area contributed by atoms with Crippen molar-refractivity contribution in [2.24, 2.45) is 5.41 Å². The molecule has 0 atom stereocenters. The summed E-state index contributed by atoms with van der Waals surface area (Å²) in [7, 11) is 1.66. The molecule has 0 aliphatic rings. The summed E-state index contributed by atoms with van der Waals surface area (Å²) in [6.07, 6.45) is 0.601. The molecule has 0 heterocycles. The fourth-order valence-corrected chi connectivity index (χ4v) is 0.570. The van der Waals surface area contributed by atoms with E-state index in [4.69, 9.17) is 0 Å². The summed E-state index contributed by atoms with van der Waals surface area (Å²) in [6, 6.07) is 0. The van der Waals surface area contributed by atoms with Gasteiger partial charge in [-0.2, -0.15) is 0 Å². The fourth-order valence-electron chi connectivity index (χ4n) is 0.570. The quantitative estimate of drug-likeness (QED) is 0.565. The predicted molar refractivity (Wildman–Crippen MR) is 38.1 cm³/mol. The molecule has 1 N–H and O–H groups in total. The van der Waals surface area contributed by atoms with Crippen LogP contribution in [-0.4, -0.2) is 13.0 Å². The maximum absolute atomic E-state index is 10.7. The van der Waals surface area contributed by atoms with Gasteiger partial charge < -0.3 is 5.32 Å². The normalized spacial score (nSPS) is 11.1. The number of hydrogen-bond donors (Lipinski definition) is 1. The summed E-state index contributed by atoms with van der Waals surface area (Å²) in [6.45, 7) is 6.13. The van der Waals surface area contributed by atoms with E-state index in [-0.39, 0.29) is 11.3 Å². The molecule has 0 aromatic carbocycles. The molecular weight excluding hydrogens is 114 g/mol. The summed E-state index contributed by atoms with van der Waals surface area (Å²) in [5, 5.41) is 2.58. The van der Waals surface area contributed by atoms with Crippen LogP contribution in [0.1, 0.15) is 27.2 Å². The minimum Gasteiger partial charge on any atom is -0.359 e. The van der Waals surface area contributed by atoms with Crippen molar-refractivity contribution in [3.05, 3.63) is 0 Å². The van der Waals surface area contributed by atoms with Crippen LogP contribution in [0.25, 0.3) is 0 Å². The average Bonchev–Trinajstić information content (AvgIpc) is 1.62. The zero-order chi connectivity index (χ0) is 7.49. The van der Waals surface area contributed by atoms with E-state index in [0.29, 0.717) is 6.42 Å². The molecule has 0 fully saturated rings. The Hall–Kier alpha value is -0.530. The highest BCUT2D eigenvalue weighted by atomic mass is 16.1. The van der Waals surface area contributed by atoms with Crippen molar-refractivity contribution in [3.63, 3.8) is 0 Å². The molecule has 0 aliphatic carbocycles. The van der Waals surface area contributed by atoms with Gasteiger partial charge in [-0.1, -0.05) is 20.8 Å². The van der Waals surface area contributed by atoms with E-state index in [1.54, 1.807) is 7.05 Å². The molecule has 2 nitrogen and oxygen atoms in total. The topological polar surface area (TPSA) is 29.1 Å². The monoisotopic (exact) mass is 129 g/mol. The maximum Gasteiger partial charge on any atom is 0.220 e. The largest absolute Gasteiger partial charge is 0.359 e. The molecule has 0 saturated heterocycles. The Morgan fingerprint density at radius 2 is 1.89 bits per heavy atom. The van der Waals surface area contributed by atoms with E-state index in [2.05, 4.69) is 5.32 Å². The third-order valence-corrected chi connectivity index (χ3v) is 0.970. The zero-order valence-electron chi connectivity index (χ0n) is 6.62. The molecule has 2 heteroatoms. The van der Waals surface area contributed by atoms with Crippen LogP contribution in [0.4, 0.5) is 0 Å². The van der Waals surface area contributed by atoms with Gasteiger partial charge in [0.25, 0.3) is 0 Å². The van der Waals surface area contributed by atoms with Crippen molar-refractivity contribution in [2.75, 3.05) is 7.05 Å². The van der Waals surface area contributed by atoms with Gasteiger partial charge in [0, 0.05) is 13.5 Å². The van der Waals surface area contributed by atoms with Crippen LogP contribution in [-0.2, 0) is 4.79 Å². The second-order valence-corrected chi connectivity index (χ2v) is 3.41. The summed E-state index contributed by atoms with van der Waals surface area (Å²) < 4.78 is 0. The van der Waals surface area contributed by atoms with Gasteiger partial charge in [-0.3, -0.25) is 4.79 Å². The second-order valence-electron chi connectivity index (χ2n) is 3.41. The highest BCUT2D eigenvalue weighted by molar-refractivity contribution is 5.76. The zero-order valence-corrected chi connectivity index (χ0v) is 6.62. The molecule has 0 rings (SSSR count). The van der Waals surface area contributed by atoms with E-state index in [1.807, 2.05) is 20.8 Å². The number of carbonyl (C=O) groups excluding carboxylic acids is 1. The van der Waals surface area contributed by atoms with Gasteiger partial charge >= 0.3 is 0 Å². The van der Waals surface area contributed by atoms with Gasteiger partial charge in [0.05, 0.1) is 0 Å². The lowest BCUT2D eigenvalue weighted by molar-refractivity contribution is -0.122.